The van der Waals surface area contributed by atoms with E-state index >= 15 is 0 Å². The molecule has 0 aromatic carbocycles. The smallest absolute Gasteiger partial charge is 0.133 e. The Kier molecular flexibility index (Phi) is 7.67. The van der Waals surface area contributed by atoms with Crippen LogP contribution in [0.5, 0.6) is 0 Å². The van der Waals surface area contributed by atoms with Crippen molar-refractivity contribution in [3.8, 4) is 0 Å². The molecule has 0 spiro atoms. The van der Waals surface area contributed by atoms with E-state index in [1.165, 1.54) is 0 Å². The molecular formula is C13H26O2. The van der Waals surface area contributed by atoms with E-state index in [0.717, 1.165) is 26.1 Å². The number of ketones is 1. The second kappa shape index (κ2) is 7.86. The molecular weight excluding hydrogens is 188 g/mol. The maximum Gasteiger partial charge on any atom is 0.133 e. The molecule has 0 fully saturated rings. The first kappa shape index (κ1) is 14.6. The van der Waals surface area contributed by atoms with Gasteiger partial charge in [0.1, 0.15) is 5.78 Å². The standard InChI is InChI=1S/C13H26O2/c1-10(2)6-8-15-9-7-13(11(3)4)12(5)14/h10-11,13H,6-9H2,1-5H3. The molecule has 1 unspecified atom stereocenters. The topological polar surface area (TPSA) is 26.3 Å². The van der Waals surface area contributed by atoms with Crippen LogP contribution < -0.4 is 0 Å². The monoisotopic (exact) mass is 214 g/mol. The molecule has 0 amide bonds. The van der Waals surface area contributed by atoms with E-state index < -0.39 is 0 Å². The summed E-state index contributed by atoms with van der Waals surface area (Å²) >= 11 is 0. The highest BCUT2D eigenvalue weighted by molar-refractivity contribution is 5.78. The van der Waals surface area contributed by atoms with Gasteiger partial charge in [-0.2, -0.15) is 0 Å². The fraction of sp³-hybridized carbons (Fsp3) is 0.923. The van der Waals surface area contributed by atoms with Crippen molar-refractivity contribution in [2.45, 2.75) is 47.5 Å². The Morgan fingerprint density at radius 3 is 2.00 bits per heavy atom. The van der Waals surface area contributed by atoms with Gasteiger partial charge in [0.2, 0.25) is 0 Å². The summed E-state index contributed by atoms with van der Waals surface area (Å²) in [6.45, 7) is 11.8. The molecule has 2 nitrogen and oxygen atoms in total. The van der Waals surface area contributed by atoms with Gasteiger partial charge in [0, 0.05) is 19.1 Å². The second-order valence-electron chi connectivity index (χ2n) is 5.04. The van der Waals surface area contributed by atoms with E-state index in [1.54, 1.807) is 6.92 Å². The van der Waals surface area contributed by atoms with Crippen LogP contribution in [0, 0.1) is 17.8 Å². The maximum absolute atomic E-state index is 11.3. The fourth-order valence-electron chi connectivity index (χ4n) is 1.64. The van der Waals surface area contributed by atoms with Crippen LogP contribution in [0.25, 0.3) is 0 Å². The Bertz CT molecular complexity index is 173. The Morgan fingerprint density at radius 1 is 1.07 bits per heavy atom. The molecule has 0 radical (unpaired) electrons. The average Bonchev–Trinajstić information content (AvgIpc) is 2.08. The predicted octanol–water partition coefficient (Wildman–Crippen LogP) is 3.30. The zero-order valence-electron chi connectivity index (χ0n) is 10.9. The molecule has 0 N–H and O–H groups in total. The molecule has 2 heteroatoms. The lowest BCUT2D eigenvalue weighted by Gasteiger charge is -2.17. The summed E-state index contributed by atoms with van der Waals surface area (Å²) in [6, 6.07) is 0. The van der Waals surface area contributed by atoms with E-state index in [-0.39, 0.29) is 11.7 Å². The first-order valence-electron chi connectivity index (χ1n) is 6.03. The number of hydrogen-bond acceptors (Lipinski definition) is 2. The van der Waals surface area contributed by atoms with Crippen LogP contribution in [0.2, 0.25) is 0 Å². The van der Waals surface area contributed by atoms with Crippen molar-refractivity contribution in [1.29, 1.82) is 0 Å². The maximum atomic E-state index is 11.3. The summed E-state index contributed by atoms with van der Waals surface area (Å²) in [5.41, 5.74) is 0. The first-order valence-corrected chi connectivity index (χ1v) is 6.03. The van der Waals surface area contributed by atoms with Gasteiger partial charge in [0.25, 0.3) is 0 Å². The summed E-state index contributed by atoms with van der Waals surface area (Å²) in [5, 5.41) is 0. The largest absolute Gasteiger partial charge is 0.381 e. The Hall–Kier alpha value is -0.370. The van der Waals surface area contributed by atoms with Crippen LogP contribution in [-0.2, 0) is 9.53 Å². The quantitative estimate of drug-likeness (QED) is 0.579. The van der Waals surface area contributed by atoms with Gasteiger partial charge in [0.15, 0.2) is 0 Å². The van der Waals surface area contributed by atoms with E-state index in [9.17, 15) is 4.79 Å². The summed E-state index contributed by atoms with van der Waals surface area (Å²) in [7, 11) is 0. The second-order valence-corrected chi connectivity index (χ2v) is 5.04. The Balaban J connectivity index is 3.59. The molecule has 0 bridgehead atoms. The number of rotatable bonds is 8. The van der Waals surface area contributed by atoms with Gasteiger partial charge >= 0.3 is 0 Å². The van der Waals surface area contributed by atoms with Crippen LogP contribution in [-0.4, -0.2) is 19.0 Å². The minimum Gasteiger partial charge on any atom is -0.381 e. The van der Waals surface area contributed by atoms with Crippen molar-refractivity contribution in [3.05, 3.63) is 0 Å². The lowest BCUT2D eigenvalue weighted by Crippen LogP contribution is -2.19. The van der Waals surface area contributed by atoms with Crippen molar-refractivity contribution in [2.75, 3.05) is 13.2 Å². The van der Waals surface area contributed by atoms with Gasteiger partial charge in [0.05, 0.1) is 0 Å². The van der Waals surface area contributed by atoms with Crippen LogP contribution in [0.1, 0.15) is 47.5 Å². The van der Waals surface area contributed by atoms with E-state index in [4.69, 9.17) is 4.74 Å². The summed E-state index contributed by atoms with van der Waals surface area (Å²) in [5.74, 6) is 1.58. The van der Waals surface area contributed by atoms with Crippen molar-refractivity contribution >= 4 is 5.78 Å². The Morgan fingerprint density at radius 2 is 1.60 bits per heavy atom. The molecule has 0 aromatic rings. The van der Waals surface area contributed by atoms with Gasteiger partial charge in [-0.25, -0.2) is 0 Å². The number of carbonyl (C=O) groups is 1. The molecule has 15 heavy (non-hydrogen) atoms. The van der Waals surface area contributed by atoms with Crippen molar-refractivity contribution in [3.63, 3.8) is 0 Å². The highest BCUT2D eigenvalue weighted by Gasteiger charge is 2.17. The van der Waals surface area contributed by atoms with E-state index in [2.05, 4.69) is 27.7 Å². The molecule has 0 aliphatic carbocycles. The normalized spacial score (nSPS) is 13.5. The average molecular weight is 214 g/mol. The Labute approximate surface area is 94.4 Å². The van der Waals surface area contributed by atoms with Crippen molar-refractivity contribution in [1.82, 2.24) is 0 Å². The lowest BCUT2D eigenvalue weighted by molar-refractivity contribution is -0.122. The summed E-state index contributed by atoms with van der Waals surface area (Å²) in [4.78, 5) is 11.3. The van der Waals surface area contributed by atoms with Gasteiger partial charge in [-0.3, -0.25) is 4.79 Å². The summed E-state index contributed by atoms with van der Waals surface area (Å²) in [6.07, 6.45) is 1.97. The van der Waals surface area contributed by atoms with Crippen LogP contribution in [0.4, 0.5) is 0 Å². The molecule has 0 aliphatic rings. The molecule has 0 rings (SSSR count). The predicted molar refractivity (Wildman–Crippen MR) is 63.9 cm³/mol. The lowest BCUT2D eigenvalue weighted by atomic mass is 9.89. The third-order valence-electron chi connectivity index (χ3n) is 2.74. The van der Waals surface area contributed by atoms with E-state index in [0.29, 0.717) is 11.8 Å². The highest BCUT2D eigenvalue weighted by Crippen LogP contribution is 2.16. The molecule has 1 atom stereocenters. The van der Waals surface area contributed by atoms with Crippen molar-refractivity contribution in [2.24, 2.45) is 17.8 Å². The number of ether oxygens (including phenoxy) is 1. The third-order valence-corrected chi connectivity index (χ3v) is 2.74. The number of carbonyl (C=O) groups excluding carboxylic acids is 1. The van der Waals surface area contributed by atoms with Crippen LogP contribution >= 0.6 is 0 Å². The minimum absolute atomic E-state index is 0.170. The van der Waals surface area contributed by atoms with Gasteiger partial charge < -0.3 is 4.74 Å². The zero-order chi connectivity index (χ0) is 11.8. The SMILES string of the molecule is CC(=O)C(CCOCCC(C)C)C(C)C. The van der Waals surface area contributed by atoms with E-state index in [1.807, 2.05) is 0 Å². The minimum atomic E-state index is 0.170. The number of Topliss-reactive ketones (excluding diaryl/α,β-unsaturated/α-hetero) is 1. The van der Waals surface area contributed by atoms with Gasteiger partial charge in [-0.1, -0.05) is 27.7 Å². The fourth-order valence-corrected chi connectivity index (χ4v) is 1.64. The first-order chi connectivity index (χ1) is 6.95. The van der Waals surface area contributed by atoms with Crippen LogP contribution in [0.3, 0.4) is 0 Å². The molecule has 0 aromatic heterocycles. The molecule has 0 saturated heterocycles. The molecule has 90 valence electrons. The molecule has 0 saturated carbocycles. The van der Waals surface area contributed by atoms with Gasteiger partial charge in [-0.05, 0) is 31.6 Å². The van der Waals surface area contributed by atoms with Crippen LogP contribution in [0.15, 0.2) is 0 Å². The molecule has 0 heterocycles. The third kappa shape index (κ3) is 7.55. The zero-order valence-corrected chi connectivity index (χ0v) is 10.9. The number of hydrogen-bond donors (Lipinski definition) is 0. The van der Waals surface area contributed by atoms with Crippen molar-refractivity contribution < 1.29 is 9.53 Å². The molecule has 0 aliphatic heterocycles. The highest BCUT2D eigenvalue weighted by atomic mass is 16.5. The summed E-state index contributed by atoms with van der Waals surface area (Å²) < 4.78 is 5.52. The van der Waals surface area contributed by atoms with Gasteiger partial charge in [-0.15, -0.1) is 0 Å².